The van der Waals surface area contributed by atoms with Crippen molar-refractivity contribution in [3.05, 3.63) is 54.2 Å². The smallest absolute Gasteiger partial charge is 0.133 e. The van der Waals surface area contributed by atoms with Crippen LogP contribution in [0.25, 0.3) is 17.3 Å². The Labute approximate surface area is 125 Å². The van der Waals surface area contributed by atoms with Gasteiger partial charge in [-0.05, 0) is 43.9 Å². The highest BCUT2D eigenvalue weighted by Gasteiger charge is 1.99. The van der Waals surface area contributed by atoms with Gasteiger partial charge in [0.25, 0.3) is 0 Å². The standard InChI is InChI=1S/C18H21NO2/c1-14(20)5-3-2-4-6-15-7-9-16(10-8-15)18-12-11-17(21)13-19-18/h4,6-14,20-21H,2-3,5H2,1H3. The number of aromatic hydroxyl groups is 1. The van der Waals surface area contributed by atoms with Crippen LogP contribution in [0, 0.1) is 0 Å². The second-order valence-corrected chi connectivity index (χ2v) is 5.21. The molecule has 1 aromatic carbocycles. The number of unbranched alkanes of at least 4 members (excludes halogenated alkanes) is 1. The third-order valence-corrected chi connectivity index (χ3v) is 3.26. The van der Waals surface area contributed by atoms with Crippen LogP contribution >= 0.6 is 0 Å². The molecule has 0 saturated heterocycles. The van der Waals surface area contributed by atoms with Gasteiger partial charge in [0.2, 0.25) is 0 Å². The van der Waals surface area contributed by atoms with Crippen molar-refractivity contribution in [2.45, 2.75) is 32.3 Å². The predicted octanol–water partition coefficient (Wildman–Crippen LogP) is 4.02. The molecule has 0 bridgehead atoms. The lowest BCUT2D eigenvalue weighted by Crippen LogP contribution is -1.97. The lowest BCUT2D eigenvalue weighted by Gasteiger charge is -2.02. The fourth-order valence-corrected chi connectivity index (χ4v) is 2.07. The van der Waals surface area contributed by atoms with E-state index in [0.29, 0.717) is 0 Å². The lowest BCUT2D eigenvalue weighted by atomic mass is 10.1. The van der Waals surface area contributed by atoms with Crippen LogP contribution in [0.4, 0.5) is 0 Å². The predicted molar refractivity (Wildman–Crippen MR) is 85.9 cm³/mol. The molecule has 1 heterocycles. The summed E-state index contributed by atoms with van der Waals surface area (Å²) in [6.45, 7) is 1.82. The Bertz CT molecular complexity index is 571. The third kappa shape index (κ3) is 5.04. The largest absolute Gasteiger partial charge is 0.506 e. The zero-order chi connectivity index (χ0) is 15.1. The number of nitrogens with zero attached hydrogens (tertiary/aromatic N) is 1. The SMILES string of the molecule is CC(O)CCCC=Cc1ccc(-c2ccc(O)cn2)cc1. The summed E-state index contributed by atoms with van der Waals surface area (Å²) < 4.78 is 0. The van der Waals surface area contributed by atoms with E-state index in [1.54, 1.807) is 12.1 Å². The van der Waals surface area contributed by atoms with Gasteiger partial charge in [0.15, 0.2) is 0 Å². The van der Waals surface area contributed by atoms with Crippen LogP contribution in [0.3, 0.4) is 0 Å². The van der Waals surface area contributed by atoms with Crippen LogP contribution in [0.1, 0.15) is 31.7 Å². The Morgan fingerprint density at radius 2 is 1.90 bits per heavy atom. The maximum Gasteiger partial charge on any atom is 0.133 e. The average Bonchev–Trinajstić information content (AvgIpc) is 2.48. The summed E-state index contributed by atoms with van der Waals surface area (Å²) in [6.07, 6.45) is 8.29. The summed E-state index contributed by atoms with van der Waals surface area (Å²) >= 11 is 0. The van der Waals surface area contributed by atoms with Crippen LogP contribution in [0.2, 0.25) is 0 Å². The van der Waals surface area contributed by atoms with Gasteiger partial charge in [-0.1, -0.05) is 36.4 Å². The van der Waals surface area contributed by atoms with E-state index < -0.39 is 0 Å². The molecule has 2 aromatic rings. The first kappa shape index (κ1) is 15.3. The minimum Gasteiger partial charge on any atom is -0.506 e. The van der Waals surface area contributed by atoms with Crippen LogP contribution in [-0.2, 0) is 0 Å². The molecule has 0 fully saturated rings. The van der Waals surface area contributed by atoms with E-state index >= 15 is 0 Å². The maximum atomic E-state index is 9.24. The van der Waals surface area contributed by atoms with Crippen molar-refractivity contribution in [3.8, 4) is 17.0 Å². The third-order valence-electron chi connectivity index (χ3n) is 3.26. The van der Waals surface area contributed by atoms with Crippen molar-refractivity contribution < 1.29 is 10.2 Å². The highest BCUT2D eigenvalue weighted by molar-refractivity contribution is 5.62. The number of aromatic nitrogens is 1. The number of hydrogen-bond donors (Lipinski definition) is 2. The van der Waals surface area contributed by atoms with E-state index in [-0.39, 0.29) is 11.9 Å². The molecule has 0 aliphatic carbocycles. The van der Waals surface area contributed by atoms with Gasteiger partial charge in [-0.2, -0.15) is 0 Å². The van der Waals surface area contributed by atoms with Crippen LogP contribution in [-0.4, -0.2) is 21.3 Å². The monoisotopic (exact) mass is 283 g/mol. The van der Waals surface area contributed by atoms with Crippen molar-refractivity contribution in [1.29, 1.82) is 0 Å². The number of hydrogen-bond acceptors (Lipinski definition) is 3. The number of aliphatic hydroxyl groups excluding tert-OH is 1. The molecule has 2 N–H and O–H groups in total. The molecule has 3 heteroatoms. The minimum atomic E-state index is -0.213. The van der Waals surface area contributed by atoms with Gasteiger partial charge in [0, 0.05) is 5.56 Å². The van der Waals surface area contributed by atoms with E-state index in [0.717, 1.165) is 36.1 Å². The lowest BCUT2D eigenvalue weighted by molar-refractivity contribution is 0.182. The molecule has 21 heavy (non-hydrogen) atoms. The van der Waals surface area contributed by atoms with E-state index in [1.807, 2.05) is 19.1 Å². The maximum absolute atomic E-state index is 9.24. The summed E-state index contributed by atoms with van der Waals surface area (Å²) in [5.41, 5.74) is 3.02. The van der Waals surface area contributed by atoms with Crippen LogP contribution in [0.5, 0.6) is 5.75 Å². The van der Waals surface area contributed by atoms with Crippen molar-refractivity contribution in [2.24, 2.45) is 0 Å². The van der Waals surface area contributed by atoms with E-state index in [1.165, 1.54) is 6.20 Å². The molecule has 1 unspecified atom stereocenters. The molecule has 3 nitrogen and oxygen atoms in total. The second kappa shape index (κ2) is 7.60. The summed E-state index contributed by atoms with van der Waals surface area (Å²) in [7, 11) is 0. The molecule has 0 aliphatic heterocycles. The van der Waals surface area contributed by atoms with Gasteiger partial charge >= 0.3 is 0 Å². The zero-order valence-corrected chi connectivity index (χ0v) is 12.2. The van der Waals surface area contributed by atoms with Gasteiger partial charge in [0.1, 0.15) is 5.75 Å². The molecule has 110 valence electrons. The molecule has 0 radical (unpaired) electrons. The number of aliphatic hydroxyl groups is 1. The van der Waals surface area contributed by atoms with E-state index in [4.69, 9.17) is 0 Å². The van der Waals surface area contributed by atoms with Crippen molar-refractivity contribution in [2.75, 3.05) is 0 Å². The molecule has 2 rings (SSSR count). The first-order chi connectivity index (χ1) is 10.1. The summed E-state index contributed by atoms with van der Waals surface area (Å²) in [5.74, 6) is 0.176. The number of rotatable bonds is 6. The van der Waals surface area contributed by atoms with Crippen molar-refractivity contribution in [1.82, 2.24) is 4.98 Å². The molecule has 0 amide bonds. The number of benzene rings is 1. The Morgan fingerprint density at radius 1 is 1.14 bits per heavy atom. The van der Waals surface area contributed by atoms with Crippen molar-refractivity contribution in [3.63, 3.8) is 0 Å². The molecule has 0 spiro atoms. The fourth-order valence-electron chi connectivity index (χ4n) is 2.07. The Balaban J connectivity index is 1.92. The highest BCUT2D eigenvalue weighted by atomic mass is 16.3. The molecule has 0 saturated carbocycles. The van der Waals surface area contributed by atoms with Crippen LogP contribution in [0.15, 0.2) is 48.7 Å². The van der Waals surface area contributed by atoms with Gasteiger partial charge in [-0.25, -0.2) is 0 Å². The van der Waals surface area contributed by atoms with Gasteiger partial charge < -0.3 is 10.2 Å². The summed E-state index contributed by atoms with van der Waals surface area (Å²) in [5, 5.41) is 18.4. The molecular formula is C18H21NO2. The van der Waals surface area contributed by atoms with Crippen molar-refractivity contribution >= 4 is 6.08 Å². The molecule has 1 aromatic heterocycles. The summed E-state index contributed by atoms with van der Waals surface area (Å²) in [4.78, 5) is 4.19. The topological polar surface area (TPSA) is 53.4 Å². The Morgan fingerprint density at radius 3 is 2.52 bits per heavy atom. The number of allylic oxidation sites excluding steroid dienone is 1. The Kier molecular flexibility index (Phi) is 5.52. The molecular weight excluding hydrogens is 262 g/mol. The zero-order valence-electron chi connectivity index (χ0n) is 12.2. The number of pyridine rings is 1. The first-order valence-corrected chi connectivity index (χ1v) is 7.25. The van der Waals surface area contributed by atoms with E-state index in [9.17, 15) is 10.2 Å². The highest BCUT2D eigenvalue weighted by Crippen LogP contribution is 2.19. The fraction of sp³-hybridized carbons (Fsp3) is 0.278. The van der Waals surface area contributed by atoms with Gasteiger partial charge in [-0.15, -0.1) is 0 Å². The van der Waals surface area contributed by atoms with Gasteiger partial charge in [-0.3, -0.25) is 4.98 Å². The normalized spacial score (nSPS) is 12.7. The summed E-state index contributed by atoms with van der Waals surface area (Å²) in [6, 6.07) is 11.6. The average molecular weight is 283 g/mol. The first-order valence-electron chi connectivity index (χ1n) is 7.25. The van der Waals surface area contributed by atoms with Gasteiger partial charge in [0.05, 0.1) is 18.0 Å². The van der Waals surface area contributed by atoms with E-state index in [2.05, 4.69) is 29.3 Å². The minimum absolute atomic E-state index is 0.176. The second-order valence-electron chi connectivity index (χ2n) is 5.21. The quantitative estimate of drug-likeness (QED) is 0.787. The Hall–Kier alpha value is -2.13. The van der Waals surface area contributed by atoms with Crippen LogP contribution < -0.4 is 0 Å². The molecule has 1 atom stereocenters. The molecule has 0 aliphatic rings.